The monoisotopic (exact) mass is 257 g/mol. The van der Waals surface area contributed by atoms with Crippen LogP contribution in [0.5, 0.6) is 0 Å². The average Bonchev–Trinajstić information content (AvgIpc) is 2.34. The van der Waals surface area contributed by atoms with Gasteiger partial charge in [0.2, 0.25) is 5.91 Å². The van der Waals surface area contributed by atoms with Crippen LogP contribution in [0.2, 0.25) is 0 Å². The molecule has 0 saturated heterocycles. The van der Waals surface area contributed by atoms with Crippen molar-refractivity contribution in [1.29, 1.82) is 5.26 Å². The molecule has 2 rings (SSSR count). The molecular formula is C15H19N3O. The largest absolute Gasteiger partial charge is 0.324 e. The number of nitrogens with one attached hydrogen (secondary N) is 1. The van der Waals surface area contributed by atoms with Crippen molar-refractivity contribution in [2.45, 2.75) is 19.3 Å². The van der Waals surface area contributed by atoms with Crippen LogP contribution < -0.4 is 5.32 Å². The highest BCUT2D eigenvalue weighted by Gasteiger charge is 2.20. The summed E-state index contributed by atoms with van der Waals surface area (Å²) >= 11 is 0. The van der Waals surface area contributed by atoms with Gasteiger partial charge in [0.15, 0.2) is 0 Å². The number of nitrogens with zero attached hydrogens (tertiary/aromatic N) is 2. The molecule has 1 aliphatic rings. The summed E-state index contributed by atoms with van der Waals surface area (Å²) in [7, 11) is 1.97. The van der Waals surface area contributed by atoms with Crippen LogP contribution in [-0.4, -0.2) is 30.9 Å². The van der Waals surface area contributed by atoms with E-state index < -0.39 is 0 Å². The SMILES string of the molecule is CN(CC(=O)Nc1ccccc1C#N)CC1CCC1. The molecule has 4 heteroatoms. The van der Waals surface area contributed by atoms with Crippen molar-refractivity contribution in [2.75, 3.05) is 25.5 Å². The first kappa shape index (κ1) is 13.6. The number of carbonyl (C=O) groups excluding carboxylic acids is 1. The molecule has 0 atom stereocenters. The Morgan fingerprint density at radius 2 is 2.21 bits per heavy atom. The highest BCUT2D eigenvalue weighted by Crippen LogP contribution is 2.26. The van der Waals surface area contributed by atoms with Gasteiger partial charge in [0.25, 0.3) is 0 Å². The van der Waals surface area contributed by atoms with Crippen LogP contribution in [0.1, 0.15) is 24.8 Å². The summed E-state index contributed by atoms with van der Waals surface area (Å²) in [5.74, 6) is 0.689. The molecule has 1 aromatic rings. The van der Waals surface area contributed by atoms with Gasteiger partial charge >= 0.3 is 0 Å². The first-order valence-corrected chi connectivity index (χ1v) is 6.66. The lowest BCUT2D eigenvalue weighted by molar-refractivity contribution is -0.117. The Hall–Kier alpha value is -1.86. The molecule has 19 heavy (non-hydrogen) atoms. The van der Waals surface area contributed by atoms with Crippen molar-refractivity contribution in [2.24, 2.45) is 5.92 Å². The molecule has 0 heterocycles. The Balaban J connectivity index is 1.84. The second-order valence-corrected chi connectivity index (χ2v) is 5.20. The van der Waals surface area contributed by atoms with E-state index in [1.807, 2.05) is 18.0 Å². The maximum atomic E-state index is 11.9. The van der Waals surface area contributed by atoms with Crippen LogP contribution in [0, 0.1) is 17.2 Å². The summed E-state index contributed by atoms with van der Waals surface area (Å²) in [5.41, 5.74) is 1.09. The molecule has 0 aromatic heterocycles. The van der Waals surface area contributed by atoms with Crippen LogP contribution in [-0.2, 0) is 4.79 Å². The third-order valence-electron chi connectivity index (χ3n) is 3.53. The molecule has 4 nitrogen and oxygen atoms in total. The van der Waals surface area contributed by atoms with Gasteiger partial charge in [-0.2, -0.15) is 5.26 Å². The quantitative estimate of drug-likeness (QED) is 0.880. The van der Waals surface area contributed by atoms with Gasteiger partial charge in [0, 0.05) is 6.54 Å². The van der Waals surface area contributed by atoms with Crippen molar-refractivity contribution in [3.05, 3.63) is 29.8 Å². The molecular weight excluding hydrogens is 238 g/mol. The molecule has 0 aliphatic heterocycles. The predicted octanol–water partition coefficient (Wildman–Crippen LogP) is 2.23. The zero-order valence-electron chi connectivity index (χ0n) is 11.2. The molecule has 0 spiro atoms. The van der Waals surface area contributed by atoms with Gasteiger partial charge in [-0.1, -0.05) is 18.6 Å². The summed E-state index contributed by atoms with van der Waals surface area (Å²) in [4.78, 5) is 14.0. The highest BCUT2D eigenvalue weighted by atomic mass is 16.2. The molecule has 1 N–H and O–H groups in total. The number of para-hydroxylation sites is 1. The maximum Gasteiger partial charge on any atom is 0.238 e. The number of rotatable bonds is 5. The standard InChI is InChI=1S/C15H19N3O/c1-18(10-12-5-4-6-12)11-15(19)17-14-8-3-2-7-13(14)9-16/h2-3,7-8,12H,4-6,10-11H2,1H3,(H,17,19). The number of carbonyl (C=O) groups is 1. The number of hydrogen-bond donors (Lipinski definition) is 1. The fraction of sp³-hybridized carbons (Fsp3) is 0.467. The molecule has 1 amide bonds. The smallest absolute Gasteiger partial charge is 0.238 e. The van der Waals surface area contributed by atoms with E-state index in [9.17, 15) is 4.79 Å². The Kier molecular flexibility index (Phi) is 4.53. The Bertz CT molecular complexity index is 488. The minimum Gasteiger partial charge on any atom is -0.324 e. The second kappa shape index (κ2) is 6.35. The van der Waals surface area contributed by atoms with Gasteiger partial charge in [-0.3, -0.25) is 9.69 Å². The number of amides is 1. The van der Waals surface area contributed by atoms with E-state index in [1.54, 1.807) is 18.2 Å². The minimum atomic E-state index is -0.0653. The minimum absolute atomic E-state index is 0.0653. The topological polar surface area (TPSA) is 56.1 Å². The van der Waals surface area contributed by atoms with Crippen molar-refractivity contribution in [3.8, 4) is 6.07 Å². The highest BCUT2D eigenvalue weighted by molar-refractivity contribution is 5.93. The zero-order chi connectivity index (χ0) is 13.7. The van der Waals surface area contributed by atoms with Crippen molar-refractivity contribution in [1.82, 2.24) is 4.90 Å². The molecule has 0 bridgehead atoms. The molecule has 1 saturated carbocycles. The summed E-state index contributed by atoms with van der Waals surface area (Å²) < 4.78 is 0. The van der Waals surface area contributed by atoms with Crippen molar-refractivity contribution >= 4 is 11.6 Å². The Morgan fingerprint density at radius 3 is 2.84 bits per heavy atom. The summed E-state index contributed by atoms with van der Waals surface area (Å²) in [6.07, 6.45) is 3.88. The molecule has 1 aliphatic carbocycles. The van der Waals surface area contributed by atoms with Gasteiger partial charge in [-0.05, 0) is 37.9 Å². The molecule has 1 fully saturated rings. The van der Waals surface area contributed by atoms with E-state index in [4.69, 9.17) is 5.26 Å². The lowest BCUT2D eigenvalue weighted by atomic mass is 9.85. The van der Waals surface area contributed by atoms with Crippen LogP contribution in [0.3, 0.4) is 0 Å². The zero-order valence-corrected chi connectivity index (χ0v) is 11.2. The van der Waals surface area contributed by atoms with E-state index in [-0.39, 0.29) is 5.91 Å². The van der Waals surface area contributed by atoms with E-state index in [0.29, 0.717) is 17.8 Å². The fourth-order valence-corrected chi connectivity index (χ4v) is 2.31. The number of anilines is 1. The maximum absolute atomic E-state index is 11.9. The lowest BCUT2D eigenvalue weighted by Gasteiger charge is -2.29. The summed E-state index contributed by atoms with van der Waals surface area (Å²) in [5, 5.41) is 11.8. The molecule has 0 radical (unpaired) electrons. The summed E-state index contributed by atoms with van der Waals surface area (Å²) in [6.45, 7) is 1.35. The van der Waals surface area contributed by atoms with Gasteiger partial charge in [0.05, 0.1) is 17.8 Å². The number of benzene rings is 1. The normalized spacial score (nSPS) is 14.8. The third-order valence-corrected chi connectivity index (χ3v) is 3.53. The predicted molar refractivity (Wildman–Crippen MR) is 74.6 cm³/mol. The number of likely N-dealkylation sites (N-methyl/N-ethyl adjacent to an activating group) is 1. The second-order valence-electron chi connectivity index (χ2n) is 5.20. The number of hydrogen-bond acceptors (Lipinski definition) is 3. The molecule has 1 aromatic carbocycles. The molecule has 100 valence electrons. The van der Waals surface area contributed by atoms with E-state index in [0.717, 1.165) is 12.5 Å². The first-order chi connectivity index (χ1) is 9.19. The van der Waals surface area contributed by atoms with Gasteiger partial charge in [-0.15, -0.1) is 0 Å². The average molecular weight is 257 g/mol. The Morgan fingerprint density at radius 1 is 1.47 bits per heavy atom. The van der Waals surface area contributed by atoms with Crippen LogP contribution in [0.4, 0.5) is 5.69 Å². The summed E-state index contributed by atoms with van der Waals surface area (Å²) in [6, 6.07) is 9.13. The van der Waals surface area contributed by atoms with Crippen LogP contribution in [0.25, 0.3) is 0 Å². The van der Waals surface area contributed by atoms with Gasteiger partial charge in [-0.25, -0.2) is 0 Å². The lowest BCUT2D eigenvalue weighted by Crippen LogP contribution is -2.35. The first-order valence-electron chi connectivity index (χ1n) is 6.66. The number of nitriles is 1. The van der Waals surface area contributed by atoms with Crippen LogP contribution in [0.15, 0.2) is 24.3 Å². The van der Waals surface area contributed by atoms with Crippen LogP contribution >= 0.6 is 0 Å². The van der Waals surface area contributed by atoms with Crippen molar-refractivity contribution in [3.63, 3.8) is 0 Å². The Labute approximate surface area is 114 Å². The van der Waals surface area contributed by atoms with Gasteiger partial charge in [0.1, 0.15) is 6.07 Å². The molecule has 0 unspecified atom stereocenters. The van der Waals surface area contributed by atoms with E-state index in [2.05, 4.69) is 11.4 Å². The van der Waals surface area contributed by atoms with Crippen molar-refractivity contribution < 1.29 is 4.79 Å². The fourth-order valence-electron chi connectivity index (χ4n) is 2.31. The third kappa shape index (κ3) is 3.80. The van der Waals surface area contributed by atoms with E-state index >= 15 is 0 Å². The van der Waals surface area contributed by atoms with E-state index in [1.165, 1.54) is 19.3 Å². The van der Waals surface area contributed by atoms with Gasteiger partial charge < -0.3 is 5.32 Å².